The molecular weight excluding hydrogens is 410 g/mol. The van der Waals surface area contributed by atoms with Crippen LogP contribution in [-0.2, 0) is 6.54 Å². The van der Waals surface area contributed by atoms with Crippen molar-refractivity contribution in [3.8, 4) is 0 Å². The number of nitrogens with one attached hydrogen (secondary N) is 1. The molecule has 1 saturated heterocycles. The summed E-state index contributed by atoms with van der Waals surface area (Å²) in [5, 5.41) is 10.6. The molecular formula is C27H47N5O. The Labute approximate surface area is 201 Å². The third-order valence-electron chi connectivity index (χ3n) is 7.57. The van der Waals surface area contributed by atoms with Crippen LogP contribution in [0.2, 0.25) is 0 Å². The maximum atomic E-state index is 9.28. The zero-order valence-corrected chi connectivity index (χ0v) is 21.7. The van der Waals surface area contributed by atoms with E-state index < -0.39 is 0 Å². The topological polar surface area (TPSA) is 58.6 Å². The molecule has 0 aromatic carbocycles. The minimum absolute atomic E-state index is 0.205. The van der Waals surface area contributed by atoms with Gasteiger partial charge in [0.2, 0.25) is 0 Å². The van der Waals surface area contributed by atoms with E-state index in [1.54, 1.807) is 0 Å². The van der Waals surface area contributed by atoms with Gasteiger partial charge in [-0.05, 0) is 58.2 Å². The van der Waals surface area contributed by atoms with E-state index in [-0.39, 0.29) is 6.61 Å². The number of hydrogen-bond acceptors (Lipinski definition) is 5. The van der Waals surface area contributed by atoms with Crippen LogP contribution in [0.1, 0.15) is 77.6 Å². The number of rotatable bonds is 8. The van der Waals surface area contributed by atoms with Crippen molar-refractivity contribution in [3.63, 3.8) is 0 Å². The molecule has 0 amide bonds. The largest absolute Gasteiger partial charge is 0.395 e. The van der Waals surface area contributed by atoms with Crippen molar-refractivity contribution in [1.29, 1.82) is 0 Å². The summed E-state index contributed by atoms with van der Waals surface area (Å²) in [6.07, 6.45) is 7.05. The Bertz CT molecular complexity index is 819. The Kier molecular flexibility index (Phi) is 10.2. The summed E-state index contributed by atoms with van der Waals surface area (Å²) < 4.78 is 0. The second-order valence-corrected chi connectivity index (χ2v) is 9.72. The fourth-order valence-electron chi connectivity index (χ4n) is 5.61. The normalized spacial score (nSPS) is 22.7. The molecule has 2 fully saturated rings. The van der Waals surface area contributed by atoms with Crippen molar-refractivity contribution in [3.05, 3.63) is 29.7 Å². The predicted octanol–water partition coefficient (Wildman–Crippen LogP) is 4.46. The van der Waals surface area contributed by atoms with Gasteiger partial charge in [-0.1, -0.05) is 20.8 Å². The molecule has 0 atom stereocenters. The van der Waals surface area contributed by atoms with Gasteiger partial charge in [-0.2, -0.15) is 0 Å². The lowest BCUT2D eigenvalue weighted by atomic mass is 9.82. The Morgan fingerprint density at radius 1 is 1.12 bits per heavy atom. The van der Waals surface area contributed by atoms with E-state index in [0.717, 1.165) is 19.1 Å². The van der Waals surface area contributed by atoms with Crippen LogP contribution in [0.25, 0.3) is 10.9 Å². The molecule has 0 bridgehead atoms. The quantitative estimate of drug-likeness (QED) is 0.613. The second-order valence-electron chi connectivity index (χ2n) is 9.72. The number of aromatic nitrogens is 2. The number of nitrogens with zero attached hydrogens (tertiary/aromatic N) is 4. The Hall–Kier alpha value is -1.47. The monoisotopic (exact) mass is 457 g/mol. The minimum Gasteiger partial charge on any atom is -0.395 e. The van der Waals surface area contributed by atoms with Crippen molar-refractivity contribution in [2.45, 2.75) is 84.8 Å². The van der Waals surface area contributed by atoms with Gasteiger partial charge in [-0.15, -0.1) is 0 Å². The molecule has 1 aliphatic carbocycles. The van der Waals surface area contributed by atoms with Crippen LogP contribution < -0.4 is 0 Å². The Morgan fingerprint density at radius 2 is 1.82 bits per heavy atom. The first-order valence-electron chi connectivity index (χ1n) is 13.4. The molecule has 1 aliphatic heterocycles. The van der Waals surface area contributed by atoms with Crippen LogP contribution in [0.4, 0.5) is 0 Å². The second kappa shape index (κ2) is 12.8. The van der Waals surface area contributed by atoms with Gasteiger partial charge in [-0.3, -0.25) is 19.7 Å². The van der Waals surface area contributed by atoms with Gasteiger partial charge in [-0.25, -0.2) is 0 Å². The van der Waals surface area contributed by atoms with Crippen molar-refractivity contribution in [2.24, 2.45) is 0 Å². The van der Waals surface area contributed by atoms with Crippen LogP contribution >= 0.6 is 0 Å². The van der Waals surface area contributed by atoms with Crippen LogP contribution in [0.3, 0.4) is 0 Å². The smallest absolute Gasteiger partial charge is 0.0558 e. The molecule has 33 heavy (non-hydrogen) atoms. The molecule has 1 saturated carbocycles. The minimum atomic E-state index is 0.205. The fourth-order valence-corrected chi connectivity index (χ4v) is 5.61. The highest BCUT2D eigenvalue weighted by molar-refractivity contribution is 5.83. The molecule has 2 aromatic heterocycles. The zero-order valence-electron chi connectivity index (χ0n) is 21.7. The maximum absolute atomic E-state index is 9.28. The van der Waals surface area contributed by atoms with E-state index in [9.17, 15) is 5.11 Å². The third kappa shape index (κ3) is 6.56. The van der Waals surface area contributed by atoms with Crippen molar-refractivity contribution < 1.29 is 5.11 Å². The number of pyridine rings is 1. The zero-order chi connectivity index (χ0) is 23.8. The average molecular weight is 458 g/mol. The first kappa shape index (κ1) is 26.1. The Balaban J connectivity index is 0.00000149. The van der Waals surface area contributed by atoms with Gasteiger partial charge >= 0.3 is 0 Å². The number of aliphatic hydroxyl groups excluding tert-OH is 1. The Morgan fingerprint density at radius 3 is 2.42 bits per heavy atom. The molecule has 2 aromatic rings. The molecule has 0 unspecified atom stereocenters. The van der Waals surface area contributed by atoms with Gasteiger partial charge in [0.25, 0.3) is 0 Å². The summed E-state index contributed by atoms with van der Waals surface area (Å²) in [6.45, 7) is 18.4. The van der Waals surface area contributed by atoms with E-state index in [1.165, 1.54) is 74.2 Å². The lowest BCUT2D eigenvalue weighted by molar-refractivity contribution is 0.0619. The van der Waals surface area contributed by atoms with Gasteiger partial charge in [0.15, 0.2) is 0 Å². The molecule has 2 aliphatic rings. The van der Waals surface area contributed by atoms with Crippen molar-refractivity contribution in [2.75, 3.05) is 45.9 Å². The van der Waals surface area contributed by atoms with Crippen molar-refractivity contribution >= 4 is 10.9 Å². The summed E-state index contributed by atoms with van der Waals surface area (Å²) in [5.74, 6) is 0.570. The fraction of sp³-hybridized carbons (Fsp3) is 0.741. The number of H-pyrrole nitrogens is 1. The van der Waals surface area contributed by atoms with E-state index >= 15 is 0 Å². The summed E-state index contributed by atoms with van der Waals surface area (Å²) in [4.78, 5) is 16.1. The van der Waals surface area contributed by atoms with Crippen LogP contribution in [0.5, 0.6) is 0 Å². The van der Waals surface area contributed by atoms with E-state index in [4.69, 9.17) is 4.98 Å². The van der Waals surface area contributed by atoms with Crippen LogP contribution in [-0.4, -0.2) is 87.7 Å². The molecule has 186 valence electrons. The standard InChI is InChI=1S/C25H41N5O.C2H6/c1-4-28(15-16-31)18-21-17-23-24(27-21)9-10-26-25(23)20-5-7-22(8-6-20)30-13-11-29(12-14-30)19(2)3;1-2/h9-10,17,19-20,22,27,31H,4-8,11-16,18H2,1-3H3;1-2H3. The number of piperazine rings is 1. The molecule has 0 spiro atoms. The molecule has 2 N–H and O–H groups in total. The SMILES string of the molecule is CC.CCN(CCO)Cc1cc2c(C3CCC(N4CCN(C(C)C)CC4)CC3)nccc2[nH]1. The van der Waals surface area contributed by atoms with Crippen molar-refractivity contribution in [1.82, 2.24) is 24.7 Å². The maximum Gasteiger partial charge on any atom is 0.0558 e. The first-order chi connectivity index (χ1) is 16.1. The number of aliphatic hydroxyl groups is 1. The van der Waals surface area contributed by atoms with Gasteiger partial charge in [0.05, 0.1) is 12.3 Å². The molecule has 3 heterocycles. The number of hydrogen-bond donors (Lipinski definition) is 2. The van der Waals surface area contributed by atoms with Crippen LogP contribution in [0.15, 0.2) is 18.3 Å². The van der Waals surface area contributed by atoms with Gasteiger partial charge in [0, 0.05) is 80.1 Å². The highest BCUT2D eigenvalue weighted by Crippen LogP contribution is 2.37. The summed E-state index contributed by atoms with van der Waals surface area (Å²) in [7, 11) is 0. The average Bonchev–Trinajstić information content (AvgIpc) is 3.28. The molecule has 6 nitrogen and oxygen atoms in total. The van der Waals surface area contributed by atoms with Crippen LogP contribution in [0, 0.1) is 0 Å². The summed E-state index contributed by atoms with van der Waals surface area (Å²) >= 11 is 0. The summed E-state index contributed by atoms with van der Waals surface area (Å²) in [5.41, 5.74) is 3.71. The number of likely N-dealkylation sites (N-methyl/N-ethyl adjacent to an activating group) is 1. The number of aromatic amines is 1. The first-order valence-corrected chi connectivity index (χ1v) is 13.4. The van der Waals surface area contributed by atoms with E-state index in [0.29, 0.717) is 18.5 Å². The van der Waals surface area contributed by atoms with Gasteiger partial charge in [0.1, 0.15) is 0 Å². The number of fused-ring (bicyclic) bond motifs is 1. The third-order valence-corrected chi connectivity index (χ3v) is 7.57. The predicted molar refractivity (Wildman–Crippen MR) is 139 cm³/mol. The van der Waals surface area contributed by atoms with Gasteiger partial charge < -0.3 is 10.1 Å². The summed E-state index contributed by atoms with van der Waals surface area (Å²) in [6, 6.07) is 5.83. The highest BCUT2D eigenvalue weighted by atomic mass is 16.3. The highest BCUT2D eigenvalue weighted by Gasteiger charge is 2.30. The molecule has 0 radical (unpaired) electrons. The lowest BCUT2D eigenvalue weighted by Crippen LogP contribution is -2.52. The molecule has 6 heteroatoms. The molecule has 4 rings (SSSR count). The lowest BCUT2D eigenvalue weighted by Gasteiger charge is -2.43. The van der Waals surface area contributed by atoms with E-state index in [2.05, 4.69) is 52.6 Å². The van der Waals surface area contributed by atoms with E-state index in [1.807, 2.05) is 20.0 Å².